The number of aromatic nitrogens is 1. The van der Waals surface area contributed by atoms with E-state index in [4.69, 9.17) is 0 Å². The molecule has 2 aromatic rings. The first-order valence-corrected chi connectivity index (χ1v) is 7.26. The van der Waals surface area contributed by atoms with E-state index >= 15 is 0 Å². The third-order valence-corrected chi connectivity index (χ3v) is 4.43. The molecule has 1 N–H and O–H groups in total. The van der Waals surface area contributed by atoms with Crippen LogP contribution in [0.4, 0.5) is 0 Å². The van der Waals surface area contributed by atoms with Crippen molar-refractivity contribution in [1.82, 2.24) is 10.3 Å². The van der Waals surface area contributed by atoms with Crippen LogP contribution >= 0.6 is 15.9 Å². The van der Waals surface area contributed by atoms with E-state index in [9.17, 15) is 4.79 Å². The van der Waals surface area contributed by atoms with Gasteiger partial charge in [0.05, 0.1) is 5.52 Å². The lowest BCUT2D eigenvalue weighted by atomic mass is 10.1. The van der Waals surface area contributed by atoms with Crippen LogP contribution in [0.3, 0.4) is 0 Å². The maximum atomic E-state index is 12.1. The molecule has 1 heterocycles. The first kappa shape index (κ1) is 14.0. The molecule has 0 aliphatic carbocycles. The maximum absolute atomic E-state index is 12.1. The summed E-state index contributed by atoms with van der Waals surface area (Å²) in [7, 11) is 0. The third kappa shape index (κ3) is 3.53. The molecular formula is C15H17BrN2O. The van der Waals surface area contributed by atoms with Crippen molar-refractivity contribution in [2.24, 2.45) is 5.92 Å². The normalized spacial score (nSPS) is 12.6. The van der Waals surface area contributed by atoms with E-state index in [0.29, 0.717) is 22.9 Å². The molecule has 1 atom stereocenters. The number of halogens is 1. The van der Waals surface area contributed by atoms with Crippen LogP contribution in [-0.2, 0) is 0 Å². The van der Waals surface area contributed by atoms with Gasteiger partial charge in [-0.1, -0.05) is 35.8 Å². The Bertz CT molecular complexity index is 583. The Morgan fingerprint density at radius 3 is 2.89 bits per heavy atom. The molecule has 0 spiro atoms. The van der Waals surface area contributed by atoms with Gasteiger partial charge in [-0.2, -0.15) is 0 Å². The smallest absolute Gasteiger partial charge is 0.251 e. The van der Waals surface area contributed by atoms with Gasteiger partial charge in [0.25, 0.3) is 5.91 Å². The van der Waals surface area contributed by atoms with Gasteiger partial charge in [-0.3, -0.25) is 9.78 Å². The fourth-order valence-electron chi connectivity index (χ4n) is 1.74. The number of rotatable bonds is 4. The molecule has 0 saturated carbocycles. The van der Waals surface area contributed by atoms with E-state index in [1.165, 1.54) is 0 Å². The number of hydrogen-bond acceptors (Lipinski definition) is 2. The maximum Gasteiger partial charge on any atom is 0.251 e. The quantitative estimate of drug-likeness (QED) is 0.877. The molecule has 4 heteroatoms. The Balaban J connectivity index is 2.09. The summed E-state index contributed by atoms with van der Waals surface area (Å²) >= 11 is 3.56. The van der Waals surface area contributed by atoms with Crippen LogP contribution in [0.2, 0.25) is 0 Å². The summed E-state index contributed by atoms with van der Waals surface area (Å²) in [6.07, 6.45) is 1.75. The molecule has 0 aliphatic rings. The number of fused-ring (bicyclic) bond motifs is 1. The topological polar surface area (TPSA) is 42.0 Å². The Morgan fingerprint density at radius 2 is 2.16 bits per heavy atom. The number of carbonyl (C=O) groups is 1. The zero-order valence-electron chi connectivity index (χ0n) is 11.1. The SMILES string of the molecule is CC(C)C(Br)CNC(=O)c1ccc2ncccc2c1. The van der Waals surface area contributed by atoms with E-state index in [1.54, 1.807) is 6.20 Å². The van der Waals surface area contributed by atoms with Gasteiger partial charge in [-0.05, 0) is 30.2 Å². The standard InChI is InChI=1S/C15H17BrN2O/c1-10(2)13(16)9-18-15(19)12-5-6-14-11(8-12)4-3-7-17-14/h3-8,10,13H,9H2,1-2H3,(H,18,19). The van der Waals surface area contributed by atoms with Gasteiger partial charge >= 0.3 is 0 Å². The van der Waals surface area contributed by atoms with Crippen molar-refractivity contribution < 1.29 is 4.79 Å². The van der Waals surface area contributed by atoms with Gasteiger partial charge in [0.1, 0.15) is 0 Å². The van der Waals surface area contributed by atoms with Crippen LogP contribution in [0, 0.1) is 5.92 Å². The van der Waals surface area contributed by atoms with Crippen LogP contribution in [0.5, 0.6) is 0 Å². The molecule has 100 valence electrons. The van der Waals surface area contributed by atoms with Crippen molar-refractivity contribution in [1.29, 1.82) is 0 Å². The van der Waals surface area contributed by atoms with Crippen LogP contribution in [0.1, 0.15) is 24.2 Å². The average Bonchev–Trinajstić information content (AvgIpc) is 2.43. The third-order valence-electron chi connectivity index (χ3n) is 3.05. The minimum absolute atomic E-state index is 0.0455. The first-order valence-electron chi connectivity index (χ1n) is 6.35. The summed E-state index contributed by atoms with van der Waals surface area (Å²) < 4.78 is 0. The Morgan fingerprint density at radius 1 is 1.37 bits per heavy atom. The molecule has 1 amide bonds. The molecule has 0 aliphatic heterocycles. The van der Waals surface area contributed by atoms with Crippen molar-refractivity contribution in [3.8, 4) is 0 Å². The average molecular weight is 321 g/mol. The lowest BCUT2D eigenvalue weighted by Crippen LogP contribution is -2.31. The predicted molar refractivity (Wildman–Crippen MR) is 81.6 cm³/mol. The molecule has 3 nitrogen and oxygen atoms in total. The molecule has 0 bridgehead atoms. The largest absolute Gasteiger partial charge is 0.351 e. The van der Waals surface area contributed by atoms with E-state index < -0.39 is 0 Å². The zero-order valence-corrected chi connectivity index (χ0v) is 12.6. The zero-order chi connectivity index (χ0) is 13.8. The molecular weight excluding hydrogens is 304 g/mol. The van der Waals surface area contributed by atoms with Gasteiger partial charge in [-0.15, -0.1) is 0 Å². The van der Waals surface area contributed by atoms with Gasteiger partial charge in [0.2, 0.25) is 0 Å². The van der Waals surface area contributed by atoms with Gasteiger partial charge in [0, 0.05) is 28.5 Å². The molecule has 0 saturated heterocycles. The predicted octanol–water partition coefficient (Wildman–Crippen LogP) is 3.38. The Labute approximate surface area is 121 Å². The number of nitrogens with zero attached hydrogens (tertiary/aromatic N) is 1. The summed E-state index contributed by atoms with van der Waals surface area (Å²) in [5.74, 6) is 0.442. The van der Waals surface area contributed by atoms with Crippen LogP contribution in [-0.4, -0.2) is 22.3 Å². The highest BCUT2D eigenvalue weighted by atomic mass is 79.9. The minimum atomic E-state index is -0.0455. The van der Waals surface area contributed by atoms with E-state index in [2.05, 4.69) is 40.1 Å². The monoisotopic (exact) mass is 320 g/mol. The number of amides is 1. The van der Waals surface area contributed by atoms with Crippen molar-refractivity contribution >= 4 is 32.7 Å². The van der Waals surface area contributed by atoms with Crippen LogP contribution in [0.15, 0.2) is 36.5 Å². The number of nitrogens with one attached hydrogen (secondary N) is 1. The summed E-state index contributed by atoms with van der Waals surface area (Å²) in [6.45, 7) is 4.86. The highest BCUT2D eigenvalue weighted by Gasteiger charge is 2.12. The summed E-state index contributed by atoms with van der Waals surface area (Å²) in [6, 6.07) is 9.38. The number of pyridine rings is 1. The fraction of sp³-hybridized carbons (Fsp3) is 0.333. The van der Waals surface area contributed by atoms with Crippen LogP contribution < -0.4 is 5.32 Å². The summed E-state index contributed by atoms with van der Waals surface area (Å²) in [4.78, 5) is 16.6. The molecule has 0 fully saturated rings. The molecule has 19 heavy (non-hydrogen) atoms. The molecule has 0 radical (unpaired) electrons. The second-order valence-corrected chi connectivity index (χ2v) is 6.06. The minimum Gasteiger partial charge on any atom is -0.351 e. The summed E-state index contributed by atoms with van der Waals surface area (Å²) in [5, 5.41) is 3.92. The highest BCUT2D eigenvalue weighted by Crippen LogP contribution is 2.14. The Kier molecular flexibility index (Phi) is 4.53. The van der Waals surface area contributed by atoms with Gasteiger partial charge < -0.3 is 5.32 Å². The van der Waals surface area contributed by atoms with E-state index in [0.717, 1.165) is 10.9 Å². The Hall–Kier alpha value is -1.42. The number of hydrogen-bond donors (Lipinski definition) is 1. The second kappa shape index (κ2) is 6.15. The lowest BCUT2D eigenvalue weighted by Gasteiger charge is -2.14. The molecule has 1 unspecified atom stereocenters. The molecule has 1 aromatic heterocycles. The van der Waals surface area contributed by atoms with Gasteiger partial charge in [0.15, 0.2) is 0 Å². The number of carbonyl (C=O) groups excluding carboxylic acids is 1. The lowest BCUT2D eigenvalue weighted by molar-refractivity contribution is 0.0953. The fourth-order valence-corrected chi connectivity index (χ4v) is 1.91. The van der Waals surface area contributed by atoms with Crippen molar-refractivity contribution in [3.05, 3.63) is 42.1 Å². The van der Waals surface area contributed by atoms with Gasteiger partial charge in [-0.25, -0.2) is 0 Å². The van der Waals surface area contributed by atoms with E-state index in [1.807, 2.05) is 30.3 Å². The van der Waals surface area contributed by atoms with Crippen molar-refractivity contribution in [2.45, 2.75) is 18.7 Å². The number of alkyl halides is 1. The summed E-state index contributed by atoms with van der Waals surface area (Å²) in [5.41, 5.74) is 1.57. The molecule has 1 aromatic carbocycles. The number of benzene rings is 1. The first-order chi connectivity index (χ1) is 9.08. The second-order valence-electron chi connectivity index (χ2n) is 4.88. The highest BCUT2D eigenvalue weighted by molar-refractivity contribution is 9.09. The van der Waals surface area contributed by atoms with Crippen molar-refractivity contribution in [3.63, 3.8) is 0 Å². The van der Waals surface area contributed by atoms with E-state index in [-0.39, 0.29) is 5.91 Å². The van der Waals surface area contributed by atoms with Crippen LogP contribution in [0.25, 0.3) is 10.9 Å². The molecule has 2 rings (SSSR count). The van der Waals surface area contributed by atoms with Crippen molar-refractivity contribution in [2.75, 3.05) is 6.54 Å².